The smallest absolute Gasteiger partial charge is 0.289 e. The first-order valence-corrected chi connectivity index (χ1v) is 9.36. The van der Waals surface area contributed by atoms with Gasteiger partial charge in [-0.2, -0.15) is 0 Å². The van der Waals surface area contributed by atoms with Crippen LogP contribution in [0.4, 0.5) is 0 Å². The zero-order valence-electron chi connectivity index (χ0n) is 16.2. The lowest BCUT2D eigenvalue weighted by Crippen LogP contribution is -2.62. The van der Waals surface area contributed by atoms with Crippen LogP contribution in [0.2, 0.25) is 0 Å². The number of carbonyl (C=O) groups is 1. The van der Waals surface area contributed by atoms with Gasteiger partial charge >= 0.3 is 0 Å². The number of amides is 1. The van der Waals surface area contributed by atoms with Gasteiger partial charge in [-0.25, -0.2) is 0 Å². The third-order valence-corrected chi connectivity index (χ3v) is 4.84. The molecule has 0 aliphatic carbocycles. The Bertz CT molecular complexity index is 544. The molecule has 1 fully saturated rings. The molecular formula is C20H34N2O2. The highest BCUT2D eigenvalue weighted by Gasteiger charge is 2.41. The van der Waals surface area contributed by atoms with E-state index < -0.39 is 0 Å². The predicted octanol–water partition coefficient (Wildman–Crippen LogP) is 4.39. The van der Waals surface area contributed by atoms with Crippen molar-refractivity contribution in [3.63, 3.8) is 0 Å². The lowest BCUT2D eigenvalue weighted by Gasteiger charge is -2.49. The molecule has 24 heavy (non-hydrogen) atoms. The van der Waals surface area contributed by atoms with Gasteiger partial charge in [-0.3, -0.25) is 4.79 Å². The largest absolute Gasteiger partial charge is 0.456 e. The Morgan fingerprint density at radius 2 is 1.83 bits per heavy atom. The van der Waals surface area contributed by atoms with Crippen molar-refractivity contribution in [1.82, 2.24) is 10.2 Å². The predicted molar refractivity (Wildman–Crippen MR) is 98.3 cm³/mol. The maximum absolute atomic E-state index is 13.1. The van der Waals surface area contributed by atoms with Gasteiger partial charge in [0.2, 0.25) is 0 Å². The number of furan rings is 1. The lowest BCUT2D eigenvalue weighted by molar-refractivity contribution is 0.0414. The van der Waals surface area contributed by atoms with E-state index >= 15 is 0 Å². The van der Waals surface area contributed by atoms with E-state index in [0.29, 0.717) is 5.76 Å². The summed E-state index contributed by atoms with van der Waals surface area (Å²) in [7, 11) is 0. The van der Waals surface area contributed by atoms with Crippen LogP contribution in [0.1, 0.15) is 83.5 Å². The van der Waals surface area contributed by atoms with Crippen LogP contribution in [-0.4, -0.2) is 34.5 Å². The van der Waals surface area contributed by atoms with E-state index in [4.69, 9.17) is 4.42 Å². The van der Waals surface area contributed by atoms with Crippen molar-refractivity contribution in [1.29, 1.82) is 0 Å². The number of rotatable bonds is 6. The molecule has 1 aromatic heterocycles. The summed E-state index contributed by atoms with van der Waals surface area (Å²) in [5, 5.41) is 3.70. The molecule has 2 heterocycles. The summed E-state index contributed by atoms with van der Waals surface area (Å²) in [5.41, 5.74) is 0.0454. The maximum atomic E-state index is 13.1. The molecule has 0 radical (unpaired) electrons. The molecule has 1 amide bonds. The van der Waals surface area contributed by atoms with Gasteiger partial charge in [0.25, 0.3) is 5.91 Å². The van der Waals surface area contributed by atoms with E-state index in [1.807, 2.05) is 19.1 Å². The van der Waals surface area contributed by atoms with Gasteiger partial charge in [0.1, 0.15) is 5.76 Å². The van der Waals surface area contributed by atoms with Crippen molar-refractivity contribution in [3.05, 3.63) is 23.7 Å². The van der Waals surface area contributed by atoms with Crippen molar-refractivity contribution < 1.29 is 9.21 Å². The highest BCUT2D eigenvalue weighted by atomic mass is 16.4. The van der Waals surface area contributed by atoms with Gasteiger partial charge in [-0.1, -0.05) is 20.3 Å². The van der Waals surface area contributed by atoms with Crippen LogP contribution in [-0.2, 0) is 6.42 Å². The van der Waals surface area contributed by atoms with E-state index in [0.717, 1.165) is 44.4 Å². The van der Waals surface area contributed by atoms with Gasteiger partial charge in [-0.15, -0.1) is 0 Å². The van der Waals surface area contributed by atoms with Crippen molar-refractivity contribution in [2.75, 3.05) is 6.54 Å². The van der Waals surface area contributed by atoms with Crippen LogP contribution in [0, 0.1) is 0 Å². The molecule has 1 N–H and O–H groups in total. The second kappa shape index (κ2) is 7.30. The lowest BCUT2D eigenvalue weighted by atomic mass is 9.79. The molecule has 2 rings (SSSR count). The first kappa shape index (κ1) is 19.0. The summed E-state index contributed by atoms with van der Waals surface area (Å²) in [4.78, 5) is 15.2. The fraction of sp³-hybridized carbons (Fsp3) is 0.750. The summed E-state index contributed by atoms with van der Waals surface area (Å²) >= 11 is 0. The second-order valence-electron chi connectivity index (χ2n) is 8.43. The van der Waals surface area contributed by atoms with Gasteiger partial charge in [0, 0.05) is 30.1 Å². The topological polar surface area (TPSA) is 45.5 Å². The van der Waals surface area contributed by atoms with Gasteiger partial charge in [0.05, 0.1) is 0 Å². The van der Waals surface area contributed by atoms with E-state index in [2.05, 4.69) is 44.8 Å². The fourth-order valence-corrected chi connectivity index (χ4v) is 4.09. The summed E-state index contributed by atoms with van der Waals surface area (Å²) in [5.74, 6) is 1.40. The number of hydrogen-bond acceptors (Lipinski definition) is 3. The summed E-state index contributed by atoms with van der Waals surface area (Å²) < 4.78 is 5.74. The molecule has 0 atom stereocenters. The first-order chi connectivity index (χ1) is 11.2. The molecule has 0 bridgehead atoms. The third kappa shape index (κ3) is 4.62. The minimum atomic E-state index is 0.0227. The SMILES string of the molecule is CCCCN(C(=O)c1ccc(CC)o1)C1CC(C)(C)NC(C)(C)C1. The monoisotopic (exact) mass is 334 g/mol. The average Bonchev–Trinajstić information content (AvgIpc) is 2.93. The molecule has 0 unspecified atom stereocenters. The van der Waals surface area contributed by atoms with E-state index in [1.165, 1.54) is 0 Å². The highest BCUT2D eigenvalue weighted by molar-refractivity contribution is 5.91. The molecule has 1 saturated heterocycles. The Balaban J connectivity index is 2.25. The Kier molecular flexibility index (Phi) is 5.79. The zero-order valence-corrected chi connectivity index (χ0v) is 16.2. The number of nitrogens with zero attached hydrogens (tertiary/aromatic N) is 1. The van der Waals surface area contributed by atoms with Gasteiger partial charge in [0.15, 0.2) is 5.76 Å². The normalized spacial score (nSPS) is 20.1. The van der Waals surface area contributed by atoms with E-state index in [-0.39, 0.29) is 23.0 Å². The number of piperidine rings is 1. The van der Waals surface area contributed by atoms with Gasteiger partial charge in [-0.05, 0) is 59.1 Å². The van der Waals surface area contributed by atoms with Crippen LogP contribution in [0.5, 0.6) is 0 Å². The molecule has 0 aromatic carbocycles. The fourth-order valence-electron chi connectivity index (χ4n) is 4.09. The molecule has 0 saturated carbocycles. The first-order valence-electron chi connectivity index (χ1n) is 9.36. The van der Waals surface area contributed by atoms with Crippen molar-refractivity contribution in [3.8, 4) is 0 Å². The standard InChI is InChI=1S/C20H34N2O2/c1-7-9-12-22(18(23)17-11-10-16(8-2)24-17)15-13-19(3,4)21-20(5,6)14-15/h10-11,15,21H,7-9,12-14H2,1-6H3. The van der Waals surface area contributed by atoms with Crippen molar-refractivity contribution >= 4 is 5.91 Å². The Morgan fingerprint density at radius 3 is 2.33 bits per heavy atom. The van der Waals surface area contributed by atoms with Crippen LogP contribution in [0.25, 0.3) is 0 Å². The number of unbranched alkanes of at least 4 members (excludes halogenated alkanes) is 1. The van der Waals surface area contributed by atoms with E-state index in [9.17, 15) is 4.79 Å². The molecule has 4 heteroatoms. The molecule has 1 aliphatic rings. The summed E-state index contributed by atoms with van der Waals surface area (Å²) in [6.45, 7) is 13.9. The summed E-state index contributed by atoms with van der Waals surface area (Å²) in [6.07, 6.45) is 4.86. The highest BCUT2D eigenvalue weighted by Crippen LogP contribution is 2.32. The Labute approximate surface area is 147 Å². The van der Waals surface area contributed by atoms with Gasteiger partial charge < -0.3 is 14.6 Å². The Morgan fingerprint density at radius 1 is 1.21 bits per heavy atom. The quantitative estimate of drug-likeness (QED) is 0.839. The average molecular weight is 335 g/mol. The number of hydrogen-bond donors (Lipinski definition) is 1. The molecule has 1 aromatic rings. The van der Waals surface area contributed by atoms with Crippen LogP contribution >= 0.6 is 0 Å². The number of nitrogens with one attached hydrogen (secondary N) is 1. The van der Waals surface area contributed by atoms with Crippen molar-refractivity contribution in [2.45, 2.75) is 90.8 Å². The Hall–Kier alpha value is -1.29. The molecule has 0 spiro atoms. The second-order valence-corrected chi connectivity index (χ2v) is 8.43. The van der Waals surface area contributed by atoms with Crippen LogP contribution < -0.4 is 5.32 Å². The molecular weight excluding hydrogens is 300 g/mol. The van der Waals surface area contributed by atoms with Crippen LogP contribution in [0.3, 0.4) is 0 Å². The zero-order chi connectivity index (χ0) is 18.0. The minimum absolute atomic E-state index is 0.0227. The molecule has 4 nitrogen and oxygen atoms in total. The number of carbonyl (C=O) groups excluding carboxylic acids is 1. The number of aryl methyl sites for hydroxylation is 1. The van der Waals surface area contributed by atoms with Crippen molar-refractivity contribution in [2.24, 2.45) is 0 Å². The third-order valence-electron chi connectivity index (χ3n) is 4.84. The van der Waals surface area contributed by atoms with E-state index in [1.54, 1.807) is 0 Å². The van der Waals surface area contributed by atoms with Crippen LogP contribution in [0.15, 0.2) is 16.5 Å². The minimum Gasteiger partial charge on any atom is -0.456 e. The molecule has 1 aliphatic heterocycles. The summed E-state index contributed by atoms with van der Waals surface area (Å²) in [6, 6.07) is 3.99. The molecule has 136 valence electrons. The maximum Gasteiger partial charge on any atom is 0.289 e.